The van der Waals surface area contributed by atoms with Crippen LogP contribution in [0.2, 0.25) is 0 Å². The summed E-state index contributed by atoms with van der Waals surface area (Å²) in [7, 11) is 0. The van der Waals surface area contributed by atoms with Crippen molar-refractivity contribution < 1.29 is 9.59 Å². The number of amides is 2. The van der Waals surface area contributed by atoms with Crippen LogP contribution in [0.4, 0.5) is 10.5 Å². The van der Waals surface area contributed by atoms with Gasteiger partial charge in [0.1, 0.15) is 0 Å². The molecule has 2 amide bonds. The minimum Gasteiger partial charge on any atom is -0.351 e. The smallest absolute Gasteiger partial charge is 0.316 e. The average molecular weight is 163 g/mol. The van der Waals surface area contributed by atoms with Gasteiger partial charge in [-0.2, -0.15) is 0 Å². The van der Waals surface area contributed by atoms with E-state index in [0.29, 0.717) is 11.3 Å². The Bertz CT molecular complexity index is 310. The summed E-state index contributed by atoms with van der Waals surface area (Å²) in [5, 5.41) is 2.34. The van der Waals surface area contributed by atoms with Crippen molar-refractivity contribution in [2.45, 2.75) is 0 Å². The summed E-state index contributed by atoms with van der Waals surface area (Å²) in [5.74, 6) is 0. The Morgan fingerprint density at radius 3 is 2.83 bits per heavy atom. The number of carbonyl (C=O) groups excluding carboxylic acids is 2. The van der Waals surface area contributed by atoms with Crippen LogP contribution in [0, 0.1) is 0 Å². The van der Waals surface area contributed by atoms with Gasteiger partial charge in [-0.1, -0.05) is 12.1 Å². The number of anilines is 1. The first-order chi connectivity index (χ1) is 5.72. The summed E-state index contributed by atoms with van der Waals surface area (Å²) in [6.45, 7) is 0. The summed E-state index contributed by atoms with van der Waals surface area (Å²) >= 11 is 0. The maximum Gasteiger partial charge on any atom is 0.316 e. The van der Waals surface area contributed by atoms with E-state index in [2.05, 4.69) is 5.32 Å². The van der Waals surface area contributed by atoms with Gasteiger partial charge in [0.05, 0.1) is 0 Å². The van der Waals surface area contributed by atoms with Gasteiger partial charge in [-0.15, -0.1) is 0 Å². The molecule has 0 unspecified atom stereocenters. The van der Waals surface area contributed by atoms with E-state index in [1.54, 1.807) is 24.5 Å². The molecule has 0 saturated carbocycles. The second-order valence-electron chi connectivity index (χ2n) is 2.17. The van der Waals surface area contributed by atoms with E-state index in [4.69, 9.17) is 5.73 Å². The van der Waals surface area contributed by atoms with E-state index >= 15 is 0 Å². The Morgan fingerprint density at radius 1 is 1.50 bits per heavy atom. The molecular weight excluding hydrogens is 156 g/mol. The third-order valence-electron chi connectivity index (χ3n) is 1.25. The molecule has 1 radical (unpaired) electrons. The van der Waals surface area contributed by atoms with Gasteiger partial charge in [0.15, 0.2) is 0 Å². The SMILES string of the molecule is NC(=O)Nc1cccc([C]=O)c1. The average Bonchev–Trinajstić information content (AvgIpc) is 2.03. The topological polar surface area (TPSA) is 72.2 Å². The standard InChI is InChI=1S/C8H7N2O2/c9-8(12)10-7-3-1-2-6(4-7)5-11/h1-4H,(H3,9,10,12). The van der Waals surface area contributed by atoms with Gasteiger partial charge < -0.3 is 11.1 Å². The van der Waals surface area contributed by atoms with Crippen LogP contribution >= 0.6 is 0 Å². The molecule has 4 heteroatoms. The van der Waals surface area contributed by atoms with Gasteiger partial charge in [-0.25, -0.2) is 4.79 Å². The Kier molecular flexibility index (Phi) is 2.42. The molecule has 4 nitrogen and oxygen atoms in total. The Hall–Kier alpha value is -1.84. The van der Waals surface area contributed by atoms with Gasteiger partial charge >= 0.3 is 6.03 Å². The molecule has 0 aliphatic carbocycles. The normalized spacial score (nSPS) is 9.00. The first-order valence-electron chi connectivity index (χ1n) is 3.27. The lowest BCUT2D eigenvalue weighted by molar-refractivity contribution is 0.259. The van der Waals surface area contributed by atoms with Crippen molar-refractivity contribution in [2.75, 3.05) is 5.32 Å². The highest BCUT2D eigenvalue weighted by molar-refractivity contribution is 5.89. The second kappa shape index (κ2) is 3.52. The fraction of sp³-hybridized carbons (Fsp3) is 0. The molecule has 0 spiro atoms. The number of primary amides is 1. The van der Waals surface area contributed by atoms with Gasteiger partial charge in [0.2, 0.25) is 6.29 Å². The van der Waals surface area contributed by atoms with Crippen molar-refractivity contribution in [3.63, 3.8) is 0 Å². The lowest BCUT2D eigenvalue weighted by atomic mass is 10.2. The second-order valence-corrected chi connectivity index (χ2v) is 2.17. The largest absolute Gasteiger partial charge is 0.351 e. The Morgan fingerprint density at radius 2 is 2.25 bits per heavy atom. The van der Waals surface area contributed by atoms with Crippen LogP contribution in [0.1, 0.15) is 5.56 Å². The van der Waals surface area contributed by atoms with Crippen molar-refractivity contribution in [3.05, 3.63) is 29.8 Å². The summed E-state index contributed by atoms with van der Waals surface area (Å²) in [5.41, 5.74) is 5.73. The highest BCUT2D eigenvalue weighted by Crippen LogP contribution is 2.07. The van der Waals surface area contributed by atoms with Crippen molar-refractivity contribution >= 4 is 18.0 Å². The monoisotopic (exact) mass is 163 g/mol. The number of nitrogens with one attached hydrogen (secondary N) is 1. The maximum absolute atomic E-state index is 10.4. The number of hydrogen-bond acceptors (Lipinski definition) is 2. The summed E-state index contributed by atoms with van der Waals surface area (Å²) in [6, 6.07) is 5.67. The molecule has 0 aliphatic rings. The minimum atomic E-state index is -0.655. The van der Waals surface area contributed by atoms with Crippen LogP contribution in [-0.4, -0.2) is 12.3 Å². The lowest BCUT2D eigenvalue weighted by Crippen LogP contribution is -2.19. The first kappa shape index (κ1) is 8.26. The van der Waals surface area contributed by atoms with Crippen LogP contribution in [0.3, 0.4) is 0 Å². The van der Waals surface area contributed by atoms with E-state index in [1.807, 2.05) is 0 Å². The van der Waals surface area contributed by atoms with Crippen LogP contribution < -0.4 is 11.1 Å². The zero-order valence-electron chi connectivity index (χ0n) is 6.20. The third-order valence-corrected chi connectivity index (χ3v) is 1.25. The minimum absolute atomic E-state index is 0.376. The van der Waals surface area contributed by atoms with Crippen LogP contribution in [0.5, 0.6) is 0 Å². The van der Waals surface area contributed by atoms with Crippen LogP contribution in [-0.2, 0) is 4.79 Å². The lowest BCUT2D eigenvalue weighted by Gasteiger charge is -2.00. The van der Waals surface area contributed by atoms with Crippen molar-refractivity contribution in [3.8, 4) is 0 Å². The van der Waals surface area contributed by atoms with Crippen molar-refractivity contribution in [1.82, 2.24) is 0 Å². The van der Waals surface area contributed by atoms with E-state index in [9.17, 15) is 9.59 Å². The number of hydrogen-bond donors (Lipinski definition) is 2. The number of urea groups is 1. The zero-order valence-corrected chi connectivity index (χ0v) is 6.20. The molecule has 0 heterocycles. The zero-order chi connectivity index (χ0) is 8.97. The molecule has 0 atom stereocenters. The van der Waals surface area contributed by atoms with E-state index in [-0.39, 0.29) is 0 Å². The molecule has 0 fully saturated rings. The molecule has 0 saturated heterocycles. The van der Waals surface area contributed by atoms with Crippen LogP contribution in [0.15, 0.2) is 24.3 Å². The van der Waals surface area contributed by atoms with Crippen molar-refractivity contribution in [2.24, 2.45) is 5.73 Å². The fourth-order valence-electron chi connectivity index (χ4n) is 0.803. The molecule has 61 valence electrons. The molecule has 1 aromatic rings. The summed E-state index contributed by atoms with van der Waals surface area (Å²) < 4.78 is 0. The third kappa shape index (κ3) is 2.09. The highest BCUT2D eigenvalue weighted by Gasteiger charge is 1.96. The molecule has 1 rings (SSSR count). The van der Waals surface area contributed by atoms with Crippen molar-refractivity contribution in [1.29, 1.82) is 0 Å². The van der Waals surface area contributed by atoms with E-state index in [0.717, 1.165) is 0 Å². The quantitative estimate of drug-likeness (QED) is 0.671. The molecule has 0 aliphatic heterocycles. The number of benzene rings is 1. The number of carbonyl (C=O) groups is 1. The Labute approximate surface area is 69.4 Å². The highest BCUT2D eigenvalue weighted by atomic mass is 16.2. The molecule has 0 bridgehead atoms. The van der Waals surface area contributed by atoms with E-state index < -0.39 is 6.03 Å². The van der Waals surface area contributed by atoms with Gasteiger partial charge in [-0.3, -0.25) is 4.79 Å². The van der Waals surface area contributed by atoms with E-state index in [1.165, 1.54) is 6.07 Å². The summed E-state index contributed by atoms with van der Waals surface area (Å²) in [6.07, 6.45) is 1.70. The van der Waals surface area contributed by atoms with Gasteiger partial charge in [0.25, 0.3) is 0 Å². The number of rotatable bonds is 2. The van der Waals surface area contributed by atoms with Gasteiger partial charge in [0, 0.05) is 11.3 Å². The number of nitrogens with two attached hydrogens (primary N) is 1. The molecule has 0 aromatic heterocycles. The van der Waals surface area contributed by atoms with Crippen LogP contribution in [0.25, 0.3) is 0 Å². The molecule has 12 heavy (non-hydrogen) atoms. The fourth-order valence-corrected chi connectivity index (χ4v) is 0.803. The molecule has 3 N–H and O–H groups in total. The summed E-state index contributed by atoms with van der Waals surface area (Å²) in [4.78, 5) is 20.6. The van der Waals surface area contributed by atoms with Gasteiger partial charge in [-0.05, 0) is 12.1 Å². The molecular formula is C8H7N2O2. The predicted octanol–water partition coefficient (Wildman–Crippen LogP) is 0.635. The Balaban J connectivity index is 2.86. The molecule has 1 aromatic carbocycles. The first-order valence-corrected chi connectivity index (χ1v) is 3.27. The maximum atomic E-state index is 10.4. The predicted molar refractivity (Wildman–Crippen MR) is 44.4 cm³/mol.